The van der Waals surface area contributed by atoms with Crippen molar-refractivity contribution >= 4 is 10.0 Å². The predicted octanol–water partition coefficient (Wildman–Crippen LogP) is 1.01. The summed E-state index contributed by atoms with van der Waals surface area (Å²) in [5, 5.41) is 0. The number of hydrogen-bond donors (Lipinski definition) is 1. The Morgan fingerprint density at radius 3 is 2.83 bits per heavy atom. The monoisotopic (exact) mass is 331 g/mol. The molecule has 120 valence electrons. The van der Waals surface area contributed by atoms with Crippen LogP contribution in [0.25, 0.3) is 0 Å². The van der Waals surface area contributed by atoms with Gasteiger partial charge in [0.1, 0.15) is 11.0 Å². The molecule has 1 saturated heterocycles. The number of ether oxygens (including phenoxy) is 1. The van der Waals surface area contributed by atoms with Crippen molar-refractivity contribution in [3.8, 4) is 5.88 Å². The maximum atomic E-state index is 12.5. The maximum absolute atomic E-state index is 12.5. The highest BCUT2D eigenvalue weighted by Gasteiger charge is 2.41. The number of fused-ring (bicyclic) bond motifs is 2. The molecular formula is C16H17N3O3S. The summed E-state index contributed by atoms with van der Waals surface area (Å²) in [5.41, 5.74) is 1.20. The van der Waals surface area contributed by atoms with Crippen LogP contribution in [0.1, 0.15) is 5.56 Å². The van der Waals surface area contributed by atoms with Crippen LogP contribution in [0.2, 0.25) is 0 Å². The zero-order valence-electron chi connectivity index (χ0n) is 12.4. The molecule has 0 spiro atoms. The molecule has 0 radical (unpaired) electrons. The molecule has 0 unspecified atom stereocenters. The quantitative estimate of drug-likeness (QED) is 0.889. The molecule has 0 bridgehead atoms. The van der Waals surface area contributed by atoms with Gasteiger partial charge in [0.2, 0.25) is 15.9 Å². The van der Waals surface area contributed by atoms with Crippen LogP contribution in [-0.2, 0) is 16.6 Å². The van der Waals surface area contributed by atoms with Gasteiger partial charge in [-0.25, -0.2) is 18.1 Å². The normalized spacial score (nSPS) is 25.9. The fourth-order valence-electron chi connectivity index (χ4n) is 3.13. The Balaban J connectivity index is 1.57. The molecule has 2 atom stereocenters. The highest BCUT2D eigenvalue weighted by Crippen LogP contribution is 2.29. The minimum absolute atomic E-state index is 0.115. The van der Waals surface area contributed by atoms with E-state index in [0.29, 0.717) is 13.1 Å². The molecule has 1 fully saturated rings. The number of hydrogen-bond acceptors (Lipinski definition) is 5. The number of nitrogens with one attached hydrogen (secondary N) is 1. The molecule has 2 aromatic rings. The second-order valence-electron chi connectivity index (χ2n) is 5.87. The summed E-state index contributed by atoms with van der Waals surface area (Å²) >= 11 is 0. The van der Waals surface area contributed by atoms with Crippen molar-refractivity contribution in [1.82, 2.24) is 14.6 Å². The molecule has 1 aromatic heterocycles. The number of sulfonamides is 1. The van der Waals surface area contributed by atoms with Crippen LogP contribution >= 0.6 is 0 Å². The average molecular weight is 331 g/mol. The fourth-order valence-corrected chi connectivity index (χ4v) is 4.47. The third-order valence-corrected chi connectivity index (χ3v) is 5.69. The third kappa shape index (κ3) is 2.83. The Bertz CT molecular complexity index is 810. The summed E-state index contributed by atoms with van der Waals surface area (Å²) in [4.78, 5) is 6.39. The van der Waals surface area contributed by atoms with Gasteiger partial charge in [0.25, 0.3) is 0 Å². The zero-order valence-corrected chi connectivity index (χ0v) is 13.2. The number of benzene rings is 1. The molecule has 1 aromatic carbocycles. The second-order valence-corrected chi connectivity index (χ2v) is 7.55. The van der Waals surface area contributed by atoms with E-state index in [1.165, 1.54) is 11.6 Å². The molecule has 1 N–H and O–H groups in total. The van der Waals surface area contributed by atoms with Crippen LogP contribution in [0.3, 0.4) is 0 Å². The molecule has 7 heteroatoms. The summed E-state index contributed by atoms with van der Waals surface area (Å²) in [7, 11) is -3.59. The standard InChI is InChI=1S/C16H17N3O3S/c20-23(21)15-7-4-8-17-16(15)22-14-11-19(10-13(14)18-23)9-12-5-2-1-3-6-12/h1-8,13-14,18H,9-11H2/t13-,14+/m1/s1. The van der Waals surface area contributed by atoms with E-state index in [1.807, 2.05) is 18.2 Å². The first kappa shape index (κ1) is 14.6. The molecule has 23 heavy (non-hydrogen) atoms. The van der Waals surface area contributed by atoms with E-state index in [2.05, 4.69) is 26.7 Å². The topological polar surface area (TPSA) is 71.5 Å². The molecule has 4 rings (SSSR count). The first-order valence-corrected chi connectivity index (χ1v) is 9.00. The molecule has 0 amide bonds. The highest BCUT2D eigenvalue weighted by molar-refractivity contribution is 7.89. The van der Waals surface area contributed by atoms with Gasteiger partial charge in [-0.15, -0.1) is 0 Å². The molecule has 6 nitrogen and oxygen atoms in total. The number of pyridine rings is 1. The molecule has 0 saturated carbocycles. The lowest BCUT2D eigenvalue weighted by atomic mass is 10.2. The van der Waals surface area contributed by atoms with E-state index in [1.54, 1.807) is 12.3 Å². The van der Waals surface area contributed by atoms with Crippen molar-refractivity contribution in [2.75, 3.05) is 13.1 Å². The SMILES string of the molecule is O=S1(=O)N[C@@H]2CN(Cc3ccccc3)C[C@@H]2Oc2ncccc21. The van der Waals surface area contributed by atoms with Gasteiger partial charge >= 0.3 is 0 Å². The molecule has 2 aliphatic heterocycles. The Kier molecular flexibility index (Phi) is 3.56. The zero-order chi connectivity index (χ0) is 15.9. The van der Waals surface area contributed by atoms with Crippen molar-refractivity contribution in [1.29, 1.82) is 0 Å². The molecule has 2 aliphatic rings. The Morgan fingerprint density at radius 1 is 1.17 bits per heavy atom. The van der Waals surface area contributed by atoms with Gasteiger partial charge in [-0.1, -0.05) is 30.3 Å². The number of aromatic nitrogens is 1. The van der Waals surface area contributed by atoms with Crippen LogP contribution < -0.4 is 9.46 Å². The lowest BCUT2D eigenvalue weighted by molar-refractivity contribution is 0.176. The van der Waals surface area contributed by atoms with E-state index in [0.717, 1.165) is 6.54 Å². The Hall–Kier alpha value is -1.96. The largest absolute Gasteiger partial charge is 0.470 e. The smallest absolute Gasteiger partial charge is 0.246 e. The summed E-state index contributed by atoms with van der Waals surface area (Å²) in [5.74, 6) is 0.189. The Morgan fingerprint density at radius 2 is 2.00 bits per heavy atom. The number of likely N-dealkylation sites (tertiary alicyclic amines) is 1. The second kappa shape index (κ2) is 5.59. The summed E-state index contributed by atoms with van der Waals surface area (Å²) in [6.45, 7) is 2.05. The highest BCUT2D eigenvalue weighted by atomic mass is 32.2. The van der Waals surface area contributed by atoms with Gasteiger partial charge in [0.15, 0.2) is 0 Å². The van der Waals surface area contributed by atoms with Crippen LogP contribution in [-0.4, -0.2) is 43.5 Å². The van der Waals surface area contributed by atoms with Crippen molar-refractivity contribution in [3.05, 3.63) is 54.2 Å². The van der Waals surface area contributed by atoms with Gasteiger partial charge in [0, 0.05) is 25.8 Å². The van der Waals surface area contributed by atoms with Crippen LogP contribution in [0, 0.1) is 0 Å². The Labute approximate surface area is 135 Å². The minimum atomic E-state index is -3.59. The molecule has 3 heterocycles. The lowest BCUT2D eigenvalue weighted by Crippen LogP contribution is -2.42. The average Bonchev–Trinajstić information content (AvgIpc) is 2.84. The van der Waals surface area contributed by atoms with Gasteiger partial charge in [-0.3, -0.25) is 4.90 Å². The van der Waals surface area contributed by atoms with Crippen LogP contribution in [0.15, 0.2) is 53.6 Å². The predicted molar refractivity (Wildman–Crippen MR) is 84.5 cm³/mol. The van der Waals surface area contributed by atoms with Crippen molar-refractivity contribution in [2.45, 2.75) is 23.6 Å². The van der Waals surface area contributed by atoms with Gasteiger partial charge < -0.3 is 4.74 Å². The van der Waals surface area contributed by atoms with Crippen LogP contribution in [0.5, 0.6) is 5.88 Å². The number of nitrogens with zero attached hydrogens (tertiary/aromatic N) is 2. The fraction of sp³-hybridized carbons (Fsp3) is 0.312. The molecular weight excluding hydrogens is 314 g/mol. The summed E-state index contributed by atoms with van der Waals surface area (Å²) in [6.07, 6.45) is 1.32. The first-order chi connectivity index (χ1) is 11.1. The lowest BCUT2D eigenvalue weighted by Gasteiger charge is -2.16. The molecule has 0 aliphatic carbocycles. The van der Waals surface area contributed by atoms with Gasteiger partial charge in [0.05, 0.1) is 6.04 Å². The van der Waals surface area contributed by atoms with E-state index in [9.17, 15) is 8.42 Å². The van der Waals surface area contributed by atoms with Crippen molar-refractivity contribution < 1.29 is 13.2 Å². The van der Waals surface area contributed by atoms with E-state index in [4.69, 9.17) is 4.74 Å². The van der Waals surface area contributed by atoms with E-state index >= 15 is 0 Å². The van der Waals surface area contributed by atoms with Gasteiger partial charge in [-0.05, 0) is 17.7 Å². The number of rotatable bonds is 2. The van der Waals surface area contributed by atoms with Gasteiger partial charge in [-0.2, -0.15) is 0 Å². The maximum Gasteiger partial charge on any atom is 0.246 e. The van der Waals surface area contributed by atoms with E-state index < -0.39 is 10.0 Å². The van der Waals surface area contributed by atoms with Crippen molar-refractivity contribution in [2.24, 2.45) is 0 Å². The van der Waals surface area contributed by atoms with Crippen LogP contribution in [0.4, 0.5) is 0 Å². The first-order valence-electron chi connectivity index (χ1n) is 7.52. The summed E-state index contributed by atoms with van der Waals surface area (Å²) < 4.78 is 33.5. The third-order valence-electron chi connectivity index (χ3n) is 4.19. The minimum Gasteiger partial charge on any atom is -0.470 e. The summed E-state index contributed by atoms with van der Waals surface area (Å²) in [6, 6.07) is 13.0. The van der Waals surface area contributed by atoms with E-state index in [-0.39, 0.29) is 22.9 Å². The van der Waals surface area contributed by atoms with Crippen molar-refractivity contribution in [3.63, 3.8) is 0 Å².